The molecule has 0 radical (unpaired) electrons. The van der Waals surface area contributed by atoms with E-state index in [-0.39, 0.29) is 10.8 Å². The van der Waals surface area contributed by atoms with Crippen molar-refractivity contribution in [2.24, 2.45) is 0 Å². The number of hydrogen-bond acceptors (Lipinski definition) is 2. The van der Waals surface area contributed by atoms with Gasteiger partial charge in [0.2, 0.25) is 0 Å². The molecule has 248 valence electrons. The van der Waals surface area contributed by atoms with E-state index in [1.165, 1.54) is 66.4 Å². The van der Waals surface area contributed by atoms with E-state index in [0.717, 1.165) is 33.9 Å². The fourth-order valence-corrected chi connectivity index (χ4v) is 9.24. The van der Waals surface area contributed by atoms with Crippen LogP contribution in [0.2, 0.25) is 0 Å². The summed E-state index contributed by atoms with van der Waals surface area (Å²) in [6.45, 7) is 9.38. The predicted octanol–water partition coefficient (Wildman–Crippen LogP) is 12.9. The van der Waals surface area contributed by atoms with E-state index in [0.29, 0.717) is 0 Å². The van der Waals surface area contributed by atoms with Crippen molar-refractivity contribution < 1.29 is 0 Å². The molecule has 0 N–H and O–H groups in total. The van der Waals surface area contributed by atoms with Crippen molar-refractivity contribution in [3.8, 4) is 67.3 Å². The summed E-state index contributed by atoms with van der Waals surface area (Å²) < 4.78 is 0. The molecule has 52 heavy (non-hydrogen) atoms. The molecule has 0 bridgehead atoms. The minimum Gasteiger partial charge on any atom is -0.228 e. The highest BCUT2D eigenvalue weighted by Gasteiger charge is 2.38. The number of nitrogens with zero attached hydrogens (tertiary/aromatic N) is 2. The lowest BCUT2D eigenvalue weighted by molar-refractivity contribution is 0.660. The quantitative estimate of drug-likeness (QED) is 0.187. The third-order valence-corrected chi connectivity index (χ3v) is 11.7. The second-order valence-corrected chi connectivity index (χ2v) is 15.3. The van der Waals surface area contributed by atoms with Gasteiger partial charge in [-0.2, -0.15) is 0 Å². The molecule has 0 atom stereocenters. The summed E-state index contributed by atoms with van der Waals surface area (Å²) in [5.74, 6) is 0.729. The summed E-state index contributed by atoms with van der Waals surface area (Å²) in [7, 11) is 0. The van der Waals surface area contributed by atoms with Crippen LogP contribution in [-0.4, -0.2) is 9.97 Å². The molecule has 2 heteroatoms. The molecule has 0 saturated carbocycles. The first kappa shape index (κ1) is 30.7. The normalized spacial score (nSPS) is 14.5. The van der Waals surface area contributed by atoms with Crippen LogP contribution in [0.15, 0.2) is 158 Å². The van der Waals surface area contributed by atoms with Crippen LogP contribution in [0.3, 0.4) is 0 Å². The molecule has 8 aromatic rings. The molecular formula is C50H38N2. The summed E-state index contributed by atoms with van der Waals surface area (Å²) >= 11 is 0. The van der Waals surface area contributed by atoms with Crippen molar-refractivity contribution in [1.29, 1.82) is 0 Å². The zero-order valence-corrected chi connectivity index (χ0v) is 29.9. The van der Waals surface area contributed by atoms with Crippen LogP contribution < -0.4 is 0 Å². The zero-order valence-electron chi connectivity index (χ0n) is 29.9. The van der Waals surface area contributed by atoms with Crippen LogP contribution in [-0.2, 0) is 10.8 Å². The Morgan fingerprint density at radius 3 is 1.65 bits per heavy atom. The Balaban J connectivity index is 1.20. The van der Waals surface area contributed by atoms with Crippen LogP contribution >= 0.6 is 0 Å². The predicted molar refractivity (Wildman–Crippen MR) is 216 cm³/mol. The van der Waals surface area contributed by atoms with Crippen molar-refractivity contribution in [3.05, 3.63) is 180 Å². The molecule has 1 aromatic heterocycles. The van der Waals surface area contributed by atoms with Gasteiger partial charge < -0.3 is 0 Å². The number of fused-ring (bicyclic) bond motifs is 7. The SMILES string of the molecule is CC1(C)c2ccccc2-c2c(-c3ccc(-c4cc(-c5cccc6c5C(C)(C)c5ccccc5-6)nc(-c5ccccc5)n4)c4ccccc34)cccc21. The maximum atomic E-state index is 5.32. The van der Waals surface area contributed by atoms with Gasteiger partial charge in [-0.25, -0.2) is 9.97 Å². The summed E-state index contributed by atoms with van der Waals surface area (Å²) in [5, 5.41) is 2.40. The molecular weight excluding hydrogens is 629 g/mol. The highest BCUT2D eigenvalue weighted by Crippen LogP contribution is 2.54. The maximum Gasteiger partial charge on any atom is 0.160 e. The minimum absolute atomic E-state index is 0.0591. The molecule has 10 rings (SSSR count). The van der Waals surface area contributed by atoms with E-state index in [4.69, 9.17) is 9.97 Å². The van der Waals surface area contributed by atoms with Crippen LogP contribution in [0.1, 0.15) is 49.9 Å². The van der Waals surface area contributed by atoms with E-state index in [9.17, 15) is 0 Å². The number of benzene rings is 7. The Kier molecular flexibility index (Phi) is 6.60. The maximum absolute atomic E-state index is 5.32. The molecule has 0 spiro atoms. The average molecular weight is 667 g/mol. The third-order valence-electron chi connectivity index (χ3n) is 11.7. The van der Waals surface area contributed by atoms with E-state index in [2.05, 4.69) is 179 Å². The fourth-order valence-electron chi connectivity index (χ4n) is 9.24. The number of hydrogen-bond donors (Lipinski definition) is 0. The Hall–Kier alpha value is -6.12. The molecule has 0 amide bonds. The second-order valence-electron chi connectivity index (χ2n) is 15.3. The summed E-state index contributed by atoms with van der Waals surface area (Å²) in [6.07, 6.45) is 0. The Labute approximate surface area is 305 Å². The van der Waals surface area contributed by atoms with Gasteiger partial charge in [0.05, 0.1) is 11.4 Å². The first-order chi connectivity index (χ1) is 25.3. The first-order valence-electron chi connectivity index (χ1n) is 18.3. The van der Waals surface area contributed by atoms with Gasteiger partial charge in [-0.1, -0.05) is 179 Å². The van der Waals surface area contributed by atoms with Gasteiger partial charge in [-0.3, -0.25) is 0 Å². The van der Waals surface area contributed by atoms with Crippen molar-refractivity contribution in [1.82, 2.24) is 9.97 Å². The minimum atomic E-state index is -0.169. The molecule has 1 heterocycles. The Morgan fingerprint density at radius 2 is 0.885 bits per heavy atom. The van der Waals surface area contributed by atoms with Crippen LogP contribution in [0.5, 0.6) is 0 Å². The summed E-state index contributed by atoms with van der Waals surface area (Å²) in [4.78, 5) is 10.6. The summed E-state index contributed by atoms with van der Waals surface area (Å²) in [6, 6.07) is 57.2. The van der Waals surface area contributed by atoms with Gasteiger partial charge in [0.25, 0.3) is 0 Å². The van der Waals surface area contributed by atoms with E-state index in [1.807, 2.05) is 6.07 Å². The lowest BCUT2D eigenvalue weighted by atomic mass is 9.79. The highest BCUT2D eigenvalue weighted by molar-refractivity contribution is 6.08. The molecule has 2 nitrogen and oxygen atoms in total. The molecule has 0 unspecified atom stereocenters. The van der Waals surface area contributed by atoms with E-state index >= 15 is 0 Å². The van der Waals surface area contributed by atoms with Crippen molar-refractivity contribution in [2.45, 2.75) is 38.5 Å². The average Bonchev–Trinajstić information content (AvgIpc) is 3.57. The van der Waals surface area contributed by atoms with Gasteiger partial charge in [0.1, 0.15) is 0 Å². The fraction of sp³-hybridized carbons (Fsp3) is 0.120. The smallest absolute Gasteiger partial charge is 0.160 e. The topological polar surface area (TPSA) is 25.8 Å². The van der Waals surface area contributed by atoms with Crippen molar-refractivity contribution in [2.75, 3.05) is 0 Å². The standard InChI is InChI=1S/C50H38N2/c1-49(2)42-26-13-11-21-39(42)46-37(22-15-27-43(46)49)34-28-29-36(33-19-9-8-18-32(33)34)44-30-45(52-48(51-44)31-16-6-5-7-17-31)40-24-14-23-38-35-20-10-12-25-41(35)50(3,4)47(38)40/h5-30H,1-4H3. The van der Waals surface area contributed by atoms with Crippen molar-refractivity contribution >= 4 is 10.8 Å². The zero-order chi connectivity index (χ0) is 35.2. The molecule has 2 aliphatic rings. The lowest BCUT2D eigenvalue weighted by Crippen LogP contribution is -2.16. The number of rotatable bonds is 4. The monoisotopic (exact) mass is 666 g/mol. The molecule has 0 saturated heterocycles. The van der Waals surface area contributed by atoms with Crippen LogP contribution in [0, 0.1) is 0 Å². The lowest BCUT2D eigenvalue weighted by Gasteiger charge is -2.24. The first-order valence-corrected chi connectivity index (χ1v) is 18.3. The second kappa shape index (κ2) is 11.2. The van der Waals surface area contributed by atoms with Gasteiger partial charge in [0, 0.05) is 27.5 Å². The van der Waals surface area contributed by atoms with E-state index < -0.39 is 0 Å². The summed E-state index contributed by atoms with van der Waals surface area (Å²) in [5.41, 5.74) is 18.1. The molecule has 0 fully saturated rings. The van der Waals surface area contributed by atoms with Crippen LogP contribution in [0.4, 0.5) is 0 Å². The third kappa shape index (κ3) is 4.37. The highest BCUT2D eigenvalue weighted by atomic mass is 14.9. The number of aromatic nitrogens is 2. The molecule has 7 aromatic carbocycles. The Bertz CT molecular complexity index is 2730. The van der Waals surface area contributed by atoms with Crippen molar-refractivity contribution in [3.63, 3.8) is 0 Å². The molecule has 0 aliphatic heterocycles. The molecule has 2 aliphatic carbocycles. The van der Waals surface area contributed by atoms with Crippen LogP contribution in [0.25, 0.3) is 78.1 Å². The van der Waals surface area contributed by atoms with Gasteiger partial charge in [-0.15, -0.1) is 0 Å². The van der Waals surface area contributed by atoms with E-state index in [1.54, 1.807) is 0 Å². The van der Waals surface area contributed by atoms with Gasteiger partial charge in [-0.05, 0) is 72.5 Å². The van der Waals surface area contributed by atoms with Gasteiger partial charge in [0.15, 0.2) is 5.82 Å². The van der Waals surface area contributed by atoms with Gasteiger partial charge >= 0.3 is 0 Å². The Morgan fingerprint density at radius 1 is 0.365 bits per heavy atom. The largest absolute Gasteiger partial charge is 0.228 e.